The lowest BCUT2D eigenvalue weighted by Gasteiger charge is -2.36. The van der Waals surface area contributed by atoms with Crippen LogP contribution in [0.1, 0.15) is 21.6 Å². The van der Waals surface area contributed by atoms with E-state index in [9.17, 15) is 9.18 Å². The van der Waals surface area contributed by atoms with Gasteiger partial charge in [0.1, 0.15) is 11.6 Å². The Hall–Kier alpha value is -3.68. The van der Waals surface area contributed by atoms with E-state index < -0.39 is 0 Å². The van der Waals surface area contributed by atoms with Crippen LogP contribution in [0.25, 0.3) is 0 Å². The molecule has 4 rings (SSSR count). The minimum Gasteiger partial charge on any atom is -0.497 e. The lowest BCUT2D eigenvalue weighted by atomic mass is 10.2. The van der Waals surface area contributed by atoms with E-state index in [1.807, 2.05) is 36.1 Å². The van der Waals surface area contributed by atoms with Crippen molar-refractivity contribution in [3.05, 3.63) is 77.4 Å². The number of piperazine rings is 1. The van der Waals surface area contributed by atoms with Gasteiger partial charge in [-0.05, 0) is 48.9 Å². The zero-order valence-electron chi connectivity index (χ0n) is 18.2. The molecule has 0 saturated carbocycles. The summed E-state index contributed by atoms with van der Waals surface area (Å²) in [7, 11) is 1.64. The maximum Gasteiger partial charge on any atom is 0.257 e. The molecule has 0 spiro atoms. The average molecular weight is 436 g/mol. The van der Waals surface area contributed by atoms with Crippen molar-refractivity contribution in [2.45, 2.75) is 13.5 Å². The van der Waals surface area contributed by atoms with Crippen LogP contribution in [-0.4, -0.2) is 54.1 Å². The molecule has 0 radical (unpaired) electrons. The molecule has 1 N–H and O–H groups in total. The minimum absolute atomic E-state index is 0.0667. The van der Waals surface area contributed by atoms with Crippen LogP contribution in [-0.2, 0) is 6.54 Å². The molecule has 1 aliphatic rings. The van der Waals surface area contributed by atoms with Gasteiger partial charge in [-0.25, -0.2) is 14.4 Å². The maximum absolute atomic E-state index is 13.1. The summed E-state index contributed by atoms with van der Waals surface area (Å²) in [5, 5.41) is 3.19. The normalized spacial score (nSPS) is 13.7. The van der Waals surface area contributed by atoms with Crippen molar-refractivity contribution in [1.29, 1.82) is 0 Å². The fourth-order valence-corrected chi connectivity index (χ4v) is 3.68. The first-order chi connectivity index (χ1) is 15.5. The van der Waals surface area contributed by atoms with Crippen molar-refractivity contribution in [2.75, 3.05) is 43.5 Å². The Balaban J connectivity index is 1.34. The van der Waals surface area contributed by atoms with Crippen LogP contribution in [0.4, 0.5) is 16.0 Å². The van der Waals surface area contributed by atoms with Crippen LogP contribution in [0.5, 0.6) is 5.75 Å². The highest BCUT2D eigenvalue weighted by Gasteiger charge is 2.24. The van der Waals surface area contributed by atoms with Crippen LogP contribution < -0.4 is 15.0 Å². The molecular formula is C24H26FN5O2. The number of ether oxygens (including phenoxy) is 1. The highest BCUT2D eigenvalue weighted by molar-refractivity contribution is 5.95. The number of nitrogens with zero attached hydrogens (tertiary/aromatic N) is 4. The van der Waals surface area contributed by atoms with E-state index in [0.717, 1.165) is 17.0 Å². The molecule has 2 aromatic carbocycles. The quantitative estimate of drug-likeness (QED) is 0.639. The number of rotatable bonds is 6. The van der Waals surface area contributed by atoms with Crippen LogP contribution >= 0.6 is 0 Å². The molecule has 32 heavy (non-hydrogen) atoms. The number of nitrogens with one attached hydrogen (secondary N) is 1. The predicted octanol–water partition coefficient (Wildman–Crippen LogP) is 3.51. The summed E-state index contributed by atoms with van der Waals surface area (Å²) in [5.74, 6) is 0.973. The van der Waals surface area contributed by atoms with Crippen LogP contribution in [0.3, 0.4) is 0 Å². The molecule has 0 unspecified atom stereocenters. The molecule has 1 saturated heterocycles. The van der Waals surface area contributed by atoms with Crippen molar-refractivity contribution in [2.24, 2.45) is 0 Å². The van der Waals surface area contributed by atoms with E-state index >= 15 is 0 Å². The predicted molar refractivity (Wildman–Crippen MR) is 122 cm³/mol. The van der Waals surface area contributed by atoms with E-state index in [4.69, 9.17) is 4.74 Å². The Morgan fingerprint density at radius 2 is 1.75 bits per heavy atom. The lowest BCUT2D eigenvalue weighted by molar-refractivity contribution is 0.0745. The van der Waals surface area contributed by atoms with Gasteiger partial charge >= 0.3 is 0 Å². The highest BCUT2D eigenvalue weighted by Crippen LogP contribution is 2.19. The largest absolute Gasteiger partial charge is 0.497 e. The fraction of sp³-hybridized carbons (Fsp3) is 0.292. The second-order valence-electron chi connectivity index (χ2n) is 7.65. The number of carbonyl (C=O) groups excluding carboxylic acids is 1. The Morgan fingerprint density at radius 3 is 2.38 bits per heavy atom. The van der Waals surface area contributed by atoms with E-state index in [0.29, 0.717) is 49.9 Å². The zero-order chi connectivity index (χ0) is 22.5. The fourth-order valence-electron chi connectivity index (χ4n) is 3.68. The number of hydrogen-bond donors (Lipinski definition) is 1. The molecule has 3 aromatic rings. The number of hydrogen-bond acceptors (Lipinski definition) is 6. The van der Waals surface area contributed by atoms with E-state index in [-0.39, 0.29) is 11.7 Å². The molecule has 0 aliphatic carbocycles. The monoisotopic (exact) mass is 435 g/mol. The molecular weight excluding hydrogens is 409 g/mol. The van der Waals surface area contributed by atoms with Gasteiger partial charge in [0.15, 0.2) is 0 Å². The van der Waals surface area contributed by atoms with Gasteiger partial charge in [0.2, 0.25) is 5.95 Å². The third kappa shape index (κ3) is 4.96. The van der Waals surface area contributed by atoms with Crippen molar-refractivity contribution in [1.82, 2.24) is 14.9 Å². The average Bonchev–Trinajstić information content (AvgIpc) is 2.83. The van der Waals surface area contributed by atoms with Gasteiger partial charge in [0, 0.05) is 44.6 Å². The molecule has 166 valence electrons. The number of aromatic nitrogens is 2. The van der Waals surface area contributed by atoms with Gasteiger partial charge in [-0.1, -0.05) is 12.1 Å². The van der Waals surface area contributed by atoms with Crippen LogP contribution in [0.2, 0.25) is 0 Å². The van der Waals surface area contributed by atoms with E-state index in [2.05, 4.69) is 20.2 Å². The summed E-state index contributed by atoms with van der Waals surface area (Å²) in [4.78, 5) is 25.8. The third-order valence-electron chi connectivity index (χ3n) is 5.58. The molecule has 0 bridgehead atoms. The summed E-state index contributed by atoms with van der Waals surface area (Å²) in [6.45, 7) is 4.96. The highest BCUT2D eigenvalue weighted by atomic mass is 19.1. The van der Waals surface area contributed by atoms with Crippen LogP contribution in [0, 0.1) is 12.7 Å². The van der Waals surface area contributed by atoms with Gasteiger partial charge in [0.05, 0.1) is 18.4 Å². The van der Waals surface area contributed by atoms with Crippen molar-refractivity contribution in [3.8, 4) is 5.75 Å². The standard InChI is InChI=1S/C24H26FN5O2/c1-17-22(16-27-24(28-17)26-15-18-3-9-21(32-2)10-4-18)23(31)30-13-11-29(12-14-30)20-7-5-19(25)6-8-20/h3-10,16H,11-15H2,1-2H3,(H,26,27,28). The summed E-state index contributed by atoms with van der Waals surface area (Å²) in [6, 6.07) is 14.2. The van der Waals surface area contributed by atoms with Gasteiger partial charge in [-0.3, -0.25) is 4.79 Å². The summed E-state index contributed by atoms with van der Waals surface area (Å²) in [5.41, 5.74) is 3.19. The van der Waals surface area contributed by atoms with Gasteiger partial charge < -0.3 is 19.9 Å². The maximum atomic E-state index is 13.1. The summed E-state index contributed by atoms with van der Waals surface area (Å²) >= 11 is 0. The van der Waals surface area contributed by atoms with Crippen molar-refractivity contribution >= 4 is 17.5 Å². The minimum atomic E-state index is -0.250. The summed E-state index contributed by atoms with van der Waals surface area (Å²) < 4.78 is 18.3. The Labute approximate surface area is 186 Å². The van der Waals surface area contributed by atoms with Gasteiger partial charge in [0.25, 0.3) is 5.91 Å². The lowest BCUT2D eigenvalue weighted by Crippen LogP contribution is -2.49. The number of methoxy groups -OCH3 is 1. The molecule has 7 nitrogen and oxygen atoms in total. The van der Waals surface area contributed by atoms with Crippen molar-refractivity contribution in [3.63, 3.8) is 0 Å². The Morgan fingerprint density at radius 1 is 1.06 bits per heavy atom. The number of benzene rings is 2. The Bertz CT molecular complexity index is 1060. The number of aryl methyl sites for hydroxylation is 1. The smallest absolute Gasteiger partial charge is 0.257 e. The third-order valence-corrected chi connectivity index (χ3v) is 5.58. The van der Waals surface area contributed by atoms with E-state index in [1.165, 1.54) is 12.1 Å². The number of amides is 1. The number of carbonyl (C=O) groups is 1. The molecule has 8 heteroatoms. The zero-order valence-corrected chi connectivity index (χ0v) is 18.2. The molecule has 1 amide bonds. The van der Waals surface area contributed by atoms with Crippen LogP contribution in [0.15, 0.2) is 54.7 Å². The second-order valence-corrected chi connectivity index (χ2v) is 7.65. The molecule has 1 aliphatic heterocycles. The number of anilines is 2. The molecule has 0 atom stereocenters. The Kier molecular flexibility index (Phi) is 6.49. The molecule has 1 aromatic heterocycles. The second kappa shape index (κ2) is 9.64. The summed E-state index contributed by atoms with van der Waals surface area (Å²) in [6.07, 6.45) is 1.59. The van der Waals surface area contributed by atoms with E-state index in [1.54, 1.807) is 25.4 Å². The van der Waals surface area contributed by atoms with Gasteiger partial charge in [-0.15, -0.1) is 0 Å². The number of halogens is 1. The van der Waals surface area contributed by atoms with Crippen molar-refractivity contribution < 1.29 is 13.9 Å². The van der Waals surface area contributed by atoms with Gasteiger partial charge in [-0.2, -0.15) is 0 Å². The topological polar surface area (TPSA) is 70.6 Å². The molecule has 1 fully saturated rings. The first-order valence-corrected chi connectivity index (χ1v) is 10.5. The first-order valence-electron chi connectivity index (χ1n) is 10.5. The molecule has 2 heterocycles. The SMILES string of the molecule is COc1ccc(CNc2ncc(C(=O)N3CCN(c4ccc(F)cc4)CC3)c(C)n2)cc1. The first kappa shape index (κ1) is 21.5.